The van der Waals surface area contributed by atoms with Crippen molar-refractivity contribution in [3.63, 3.8) is 0 Å². The first-order valence-corrected chi connectivity index (χ1v) is 7.48. The summed E-state index contributed by atoms with van der Waals surface area (Å²) in [5, 5.41) is 9.07. The summed E-state index contributed by atoms with van der Waals surface area (Å²) in [6, 6.07) is 8.53. The molecule has 3 aromatic rings. The summed E-state index contributed by atoms with van der Waals surface area (Å²) < 4.78 is 1.28. The Morgan fingerprint density at radius 3 is 2.75 bits per heavy atom. The minimum Gasteiger partial charge on any atom is -0.478 e. The number of carboxylic acid groups (broad SMARTS) is 1. The molecular formula is C18H15N3O3. The number of rotatable bonds is 4. The summed E-state index contributed by atoms with van der Waals surface area (Å²) in [5.41, 5.74) is 2.06. The Balaban J connectivity index is 2.15. The molecule has 0 saturated carbocycles. The highest BCUT2D eigenvalue weighted by Gasteiger charge is 2.11. The second-order valence-electron chi connectivity index (χ2n) is 5.17. The van der Waals surface area contributed by atoms with E-state index in [0.717, 1.165) is 5.69 Å². The van der Waals surface area contributed by atoms with Gasteiger partial charge in [-0.25, -0.2) is 9.78 Å². The van der Waals surface area contributed by atoms with Gasteiger partial charge < -0.3 is 5.11 Å². The number of aromatic carboxylic acids is 1. The van der Waals surface area contributed by atoms with Gasteiger partial charge in [0.2, 0.25) is 0 Å². The molecule has 120 valence electrons. The van der Waals surface area contributed by atoms with Crippen LogP contribution in [0.3, 0.4) is 0 Å². The highest BCUT2D eigenvalue weighted by molar-refractivity contribution is 5.87. The molecule has 0 aromatic carbocycles. The van der Waals surface area contributed by atoms with Crippen LogP contribution >= 0.6 is 0 Å². The molecule has 3 heterocycles. The Morgan fingerprint density at radius 1 is 1.25 bits per heavy atom. The summed E-state index contributed by atoms with van der Waals surface area (Å²) >= 11 is 0. The average Bonchev–Trinajstić information content (AvgIpc) is 2.60. The molecule has 0 aliphatic carbocycles. The number of carboxylic acids is 1. The zero-order valence-electron chi connectivity index (χ0n) is 13.0. The lowest BCUT2D eigenvalue weighted by Crippen LogP contribution is -2.22. The minimum atomic E-state index is -1.08. The van der Waals surface area contributed by atoms with Gasteiger partial charge in [-0.3, -0.25) is 14.2 Å². The number of carbonyl (C=O) groups is 1. The highest BCUT2D eigenvalue weighted by Crippen LogP contribution is 2.11. The van der Waals surface area contributed by atoms with E-state index >= 15 is 0 Å². The minimum absolute atomic E-state index is 0.0465. The van der Waals surface area contributed by atoms with Crippen LogP contribution in [0.1, 0.15) is 34.2 Å². The van der Waals surface area contributed by atoms with E-state index in [2.05, 4.69) is 9.97 Å². The molecular weight excluding hydrogens is 306 g/mol. The van der Waals surface area contributed by atoms with Gasteiger partial charge in [-0.15, -0.1) is 0 Å². The maximum atomic E-state index is 12.6. The van der Waals surface area contributed by atoms with Gasteiger partial charge >= 0.3 is 5.97 Å². The van der Waals surface area contributed by atoms with Gasteiger partial charge in [0, 0.05) is 18.0 Å². The molecule has 6 heteroatoms. The Labute approximate surface area is 137 Å². The zero-order valence-corrected chi connectivity index (χ0v) is 13.0. The van der Waals surface area contributed by atoms with Crippen molar-refractivity contribution in [1.29, 1.82) is 0 Å². The van der Waals surface area contributed by atoms with E-state index in [9.17, 15) is 9.59 Å². The molecule has 0 radical (unpaired) electrons. The molecule has 0 unspecified atom stereocenters. The monoisotopic (exact) mass is 321 g/mol. The summed E-state index contributed by atoms with van der Waals surface area (Å²) in [4.78, 5) is 32.4. The topological polar surface area (TPSA) is 84.6 Å². The van der Waals surface area contributed by atoms with Crippen LogP contribution in [0, 0.1) is 0 Å². The average molecular weight is 321 g/mol. The lowest BCUT2D eigenvalue weighted by atomic mass is 10.1. The molecule has 1 N–H and O–H groups in total. The fourth-order valence-electron chi connectivity index (χ4n) is 2.43. The standard InChI is InChI=1S/C18H15N3O3/c1-2-14-15(8-7-13-5-3-4-10-19-13)20-16-9-6-12(18(23)24)11-21(16)17(14)22/h3-11H,2H2,1H3,(H,23,24). The predicted octanol–water partition coefficient (Wildman–Crippen LogP) is 2.52. The van der Waals surface area contributed by atoms with Crippen molar-refractivity contribution >= 4 is 23.8 Å². The van der Waals surface area contributed by atoms with Crippen molar-refractivity contribution in [3.8, 4) is 0 Å². The van der Waals surface area contributed by atoms with Crippen molar-refractivity contribution in [2.24, 2.45) is 0 Å². The SMILES string of the molecule is CCc1c(C=Cc2ccccn2)nc2ccc(C(=O)O)cn2c1=O. The molecule has 3 aromatic heterocycles. The fourth-order valence-corrected chi connectivity index (χ4v) is 2.43. The van der Waals surface area contributed by atoms with Crippen LogP contribution in [0.2, 0.25) is 0 Å². The molecule has 0 spiro atoms. The van der Waals surface area contributed by atoms with E-state index in [1.165, 1.54) is 22.7 Å². The zero-order chi connectivity index (χ0) is 17.1. The molecule has 0 atom stereocenters. The number of pyridine rings is 2. The molecule has 0 fully saturated rings. The molecule has 0 aliphatic rings. The summed E-state index contributed by atoms with van der Waals surface area (Å²) in [5.74, 6) is -1.08. The van der Waals surface area contributed by atoms with Crippen molar-refractivity contribution in [1.82, 2.24) is 14.4 Å². The maximum absolute atomic E-state index is 12.6. The van der Waals surface area contributed by atoms with E-state index in [1.54, 1.807) is 18.3 Å². The number of hydrogen-bond donors (Lipinski definition) is 1. The molecule has 0 aliphatic heterocycles. The van der Waals surface area contributed by atoms with Crippen molar-refractivity contribution in [2.75, 3.05) is 0 Å². The lowest BCUT2D eigenvalue weighted by molar-refractivity contribution is 0.0696. The highest BCUT2D eigenvalue weighted by atomic mass is 16.4. The second-order valence-corrected chi connectivity index (χ2v) is 5.17. The third-order valence-electron chi connectivity index (χ3n) is 3.65. The van der Waals surface area contributed by atoms with E-state index in [0.29, 0.717) is 23.3 Å². The summed E-state index contributed by atoms with van der Waals surface area (Å²) in [6.45, 7) is 1.87. The number of fused-ring (bicyclic) bond motifs is 1. The van der Waals surface area contributed by atoms with Crippen LogP contribution in [0.4, 0.5) is 0 Å². The van der Waals surface area contributed by atoms with Gasteiger partial charge in [-0.2, -0.15) is 0 Å². The third kappa shape index (κ3) is 2.94. The number of hydrogen-bond acceptors (Lipinski definition) is 4. The second kappa shape index (κ2) is 6.45. The van der Waals surface area contributed by atoms with Gasteiger partial charge in [-0.05, 0) is 42.8 Å². The Hall–Kier alpha value is -3.28. The molecule has 24 heavy (non-hydrogen) atoms. The van der Waals surface area contributed by atoms with E-state index < -0.39 is 5.97 Å². The first kappa shape index (κ1) is 15.6. The molecule has 6 nitrogen and oxygen atoms in total. The van der Waals surface area contributed by atoms with Gasteiger partial charge in [0.25, 0.3) is 5.56 Å². The predicted molar refractivity (Wildman–Crippen MR) is 91.0 cm³/mol. The van der Waals surface area contributed by atoms with Crippen molar-refractivity contribution < 1.29 is 9.90 Å². The quantitative estimate of drug-likeness (QED) is 0.798. The first-order chi connectivity index (χ1) is 11.6. The Bertz CT molecular complexity index is 992. The van der Waals surface area contributed by atoms with E-state index in [4.69, 9.17) is 5.11 Å². The lowest BCUT2D eigenvalue weighted by Gasteiger charge is -2.07. The third-order valence-corrected chi connectivity index (χ3v) is 3.65. The summed E-state index contributed by atoms with van der Waals surface area (Å²) in [6.07, 6.45) is 7.04. The maximum Gasteiger partial charge on any atom is 0.337 e. The summed E-state index contributed by atoms with van der Waals surface area (Å²) in [7, 11) is 0. The van der Waals surface area contributed by atoms with Crippen molar-refractivity contribution in [3.05, 3.63) is 75.6 Å². The van der Waals surface area contributed by atoms with Crippen molar-refractivity contribution in [2.45, 2.75) is 13.3 Å². The van der Waals surface area contributed by atoms with Crippen LogP contribution in [0.15, 0.2) is 47.5 Å². The smallest absolute Gasteiger partial charge is 0.337 e. The van der Waals surface area contributed by atoms with Gasteiger partial charge in [0.15, 0.2) is 0 Å². The number of aromatic nitrogens is 3. The van der Waals surface area contributed by atoms with Crippen LogP contribution in [-0.2, 0) is 6.42 Å². The van der Waals surface area contributed by atoms with Gasteiger partial charge in [0.05, 0.1) is 17.0 Å². The van der Waals surface area contributed by atoms with Crippen LogP contribution < -0.4 is 5.56 Å². The van der Waals surface area contributed by atoms with E-state index in [1.807, 2.05) is 25.1 Å². The number of nitrogens with zero attached hydrogens (tertiary/aromatic N) is 3. The van der Waals surface area contributed by atoms with Gasteiger partial charge in [0.1, 0.15) is 5.65 Å². The largest absolute Gasteiger partial charge is 0.478 e. The van der Waals surface area contributed by atoms with Crippen LogP contribution in [0.5, 0.6) is 0 Å². The van der Waals surface area contributed by atoms with E-state index in [-0.39, 0.29) is 11.1 Å². The Morgan fingerprint density at radius 2 is 2.08 bits per heavy atom. The molecule has 0 bridgehead atoms. The fraction of sp³-hybridized carbons (Fsp3) is 0.111. The molecule has 3 rings (SSSR count). The molecule has 0 saturated heterocycles. The first-order valence-electron chi connectivity index (χ1n) is 7.48. The Kier molecular flexibility index (Phi) is 4.20. The normalized spacial score (nSPS) is 11.2. The molecule has 0 amide bonds. The van der Waals surface area contributed by atoms with Gasteiger partial charge in [-0.1, -0.05) is 13.0 Å². The van der Waals surface area contributed by atoms with Crippen LogP contribution in [0.25, 0.3) is 17.8 Å². The van der Waals surface area contributed by atoms with Crippen LogP contribution in [-0.4, -0.2) is 25.4 Å².